The summed E-state index contributed by atoms with van der Waals surface area (Å²) in [7, 11) is 3.93. The number of hydrogen-bond donors (Lipinski definition) is 2. The minimum atomic E-state index is -0.626. The molecule has 0 saturated carbocycles. The Morgan fingerprint density at radius 3 is 2.49 bits per heavy atom. The lowest BCUT2D eigenvalue weighted by atomic mass is 10.0. The van der Waals surface area contributed by atoms with Crippen molar-refractivity contribution in [3.63, 3.8) is 0 Å². The molecule has 15 nitrogen and oxygen atoms in total. The van der Waals surface area contributed by atoms with Gasteiger partial charge >= 0.3 is 0 Å². The van der Waals surface area contributed by atoms with Gasteiger partial charge in [-0.1, -0.05) is 22.0 Å². The van der Waals surface area contributed by atoms with Gasteiger partial charge in [-0.3, -0.25) is 29.3 Å². The van der Waals surface area contributed by atoms with Gasteiger partial charge < -0.3 is 24.8 Å². The van der Waals surface area contributed by atoms with Gasteiger partial charge in [0.05, 0.1) is 17.0 Å². The summed E-state index contributed by atoms with van der Waals surface area (Å²) in [6, 6.07) is 7.81. The number of piperidine rings is 3. The third-order valence-electron chi connectivity index (χ3n) is 11.5. The van der Waals surface area contributed by atoms with Crippen molar-refractivity contribution in [2.75, 3.05) is 55.5 Å². The summed E-state index contributed by atoms with van der Waals surface area (Å²) in [5.41, 5.74) is 3.65. The number of carbonyl (C=O) groups excluding carboxylic acids is 3. The van der Waals surface area contributed by atoms with Crippen molar-refractivity contribution >= 4 is 68.0 Å². The van der Waals surface area contributed by atoms with Crippen LogP contribution in [0, 0.1) is 0 Å². The molecular formula is C39H48BrN11O4. The van der Waals surface area contributed by atoms with Crippen molar-refractivity contribution in [1.29, 1.82) is 0 Å². The van der Waals surface area contributed by atoms with Gasteiger partial charge in [0.15, 0.2) is 5.82 Å². The second-order valence-corrected chi connectivity index (χ2v) is 16.2. The van der Waals surface area contributed by atoms with Gasteiger partial charge in [-0.15, -0.1) is 0 Å². The Labute approximate surface area is 328 Å². The summed E-state index contributed by atoms with van der Waals surface area (Å²) in [4.78, 5) is 60.2. The smallest absolute Gasteiger partial charge is 0.255 e. The van der Waals surface area contributed by atoms with E-state index in [-0.39, 0.29) is 24.3 Å². The quantitative estimate of drug-likeness (QED) is 0.212. The molecule has 1 atom stereocenters. The van der Waals surface area contributed by atoms with Crippen LogP contribution in [-0.4, -0.2) is 111 Å². The van der Waals surface area contributed by atoms with Crippen molar-refractivity contribution < 1.29 is 19.1 Å². The summed E-state index contributed by atoms with van der Waals surface area (Å²) < 4.78 is 8.49. The molecule has 0 bridgehead atoms. The molecule has 3 fully saturated rings. The molecule has 3 amide bonds. The molecule has 0 radical (unpaired) electrons. The van der Waals surface area contributed by atoms with Gasteiger partial charge in [-0.2, -0.15) is 10.1 Å². The first-order valence-corrected chi connectivity index (χ1v) is 20.0. The third-order valence-corrected chi connectivity index (χ3v) is 12.3. The number of hydrogen-bond acceptors (Lipinski definition) is 12. The molecule has 16 heteroatoms. The lowest BCUT2D eigenvalue weighted by Crippen LogP contribution is -2.52. The van der Waals surface area contributed by atoms with Crippen molar-refractivity contribution in [3.8, 4) is 0 Å². The van der Waals surface area contributed by atoms with Gasteiger partial charge in [0.2, 0.25) is 17.8 Å². The zero-order valence-electron chi connectivity index (χ0n) is 31.8. The monoisotopic (exact) mass is 813 g/mol. The second kappa shape index (κ2) is 15.5. The van der Waals surface area contributed by atoms with E-state index in [1.54, 1.807) is 18.2 Å². The van der Waals surface area contributed by atoms with Crippen LogP contribution >= 0.6 is 15.9 Å². The average molecular weight is 815 g/mol. The van der Waals surface area contributed by atoms with Crippen LogP contribution in [0.3, 0.4) is 0 Å². The largest absolute Gasteiger partial charge is 0.381 e. The van der Waals surface area contributed by atoms with Crippen LogP contribution in [0.4, 0.5) is 23.4 Å². The molecule has 0 aliphatic carbocycles. The molecule has 55 heavy (non-hydrogen) atoms. The van der Waals surface area contributed by atoms with Crippen LogP contribution in [-0.2, 0) is 27.4 Å². The molecule has 4 aliphatic rings. The summed E-state index contributed by atoms with van der Waals surface area (Å²) >= 11 is 3.73. The summed E-state index contributed by atoms with van der Waals surface area (Å²) in [5.74, 6) is 2.22. The highest BCUT2D eigenvalue weighted by molar-refractivity contribution is 9.10. The number of rotatable bonds is 10. The number of imide groups is 1. The maximum absolute atomic E-state index is 13.3. The number of anilines is 4. The van der Waals surface area contributed by atoms with Crippen molar-refractivity contribution in [1.82, 2.24) is 39.8 Å². The van der Waals surface area contributed by atoms with Gasteiger partial charge in [0.25, 0.3) is 5.91 Å². The molecule has 3 aromatic heterocycles. The highest BCUT2D eigenvalue weighted by Crippen LogP contribution is 2.35. The molecule has 3 saturated heterocycles. The van der Waals surface area contributed by atoms with E-state index in [4.69, 9.17) is 19.8 Å². The van der Waals surface area contributed by atoms with E-state index in [9.17, 15) is 14.4 Å². The highest BCUT2D eigenvalue weighted by Gasteiger charge is 2.39. The minimum Gasteiger partial charge on any atom is -0.381 e. The van der Waals surface area contributed by atoms with Gasteiger partial charge in [-0.25, -0.2) is 9.97 Å². The second-order valence-electron chi connectivity index (χ2n) is 15.4. The first-order valence-electron chi connectivity index (χ1n) is 19.2. The average Bonchev–Trinajstić information content (AvgIpc) is 3.72. The third kappa shape index (κ3) is 7.51. The van der Waals surface area contributed by atoms with E-state index >= 15 is 0 Å². The maximum atomic E-state index is 13.3. The van der Waals surface area contributed by atoms with Crippen LogP contribution in [0.2, 0.25) is 0 Å². The van der Waals surface area contributed by atoms with Crippen LogP contribution < -0.4 is 20.4 Å². The maximum Gasteiger partial charge on any atom is 0.255 e. The lowest BCUT2D eigenvalue weighted by Gasteiger charge is -2.37. The zero-order valence-corrected chi connectivity index (χ0v) is 33.4. The molecule has 4 aliphatic heterocycles. The van der Waals surface area contributed by atoms with E-state index < -0.39 is 11.9 Å². The fourth-order valence-corrected chi connectivity index (χ4v) is 8.85. The van der Waals surface area contributed by atoms with Crippen LogP contribution in [0.15, 0.2) is 41.1 Å². The number of methoxy groups -OCH3 is 1. The molecule has 1 aromatic carbocycles. The molecule has 0 spiro atoms. The number of fused-ring (bicyclic) bond motifs is 2. The summed E-state index contributed by atoms with van der Waals surface area (Å²) in [6.45, 7) is 8.83. The van der Waals surface area contributed by atoms with Gasteiger partial charge in [-0.05, 0) is 76.3 Å². The van der Waals surface area contributed by atoms with Gasteiger partial charge in [0.1, 0.15) is 17.7 Å². The van der Waals surface area contributed by atoms with Crippen molar-refractivity contribution in [2.24, 2.45) is 0 Å². The molecule has 290 valence electrons. The minimum absolute atomic E-state index is 0.160. The topological polar surface area (TPSA) is 154 Å². The SMILES string of the molecule is COC1CCN(c2nccc(Nc3cc4c(cn3)c(N3CCC(N(C)Cc5cc6c(cc5Br)C(=O)N(C5CCC(=O)NC5=O)C6)CC3)nn4C(C)C)n2)CC1. The Morgan fingerprint density at radius 2 is 1.76 bits per heavy atom. The zero-order chi connectivity index (χ0) is 38.4. The number of amides is 3. The number of aromatic nitrogens is 5. The Bertz CT molecular complexity index is 2110. The Kier molecular flexibility index (Phi) is 10.5. The van der Waals surface area contributed by atoms with Crippen LogP contribution in [0.5, 0.6) is 0 Å². The first kappa shape index (κ1) is 37.3. The van der Waals surface area contributed by atoms with Crippen molar-refractivity contribution in [3.05, 3.63) is 57.8 Å². The van der Waals surface area contributed by atoms with Crippen LogP contribution in [0.25, 0.3) is 10.9 Å². The number of nitrogens with zero attached hydrogens (tertiary/aromatic N) is 9. The number of ether oxygens (including phenoxy) is 1. The molecule has 4 aromatic rings. The molecular weight excluding hydrogens is 766 g/mol. The fourth-order valence-electron chi connectivity index (χ4n) is 8.38. The van der Waals surface area contributed by atoms with E-state index in [0.29, 0.717) is 48.3 Å². The fraction of sp³-hybridized carbons (Fsp3) is 0.513. The summed E-state index contributed by atoms with van der Waals surface area (Å²) in [6.07, 6.45) is 8.45. The number of nitrogens with one attached hydrogen (secondary N) is 2. The summed E-state index contributed by atoms with van der Waals surface area (Å²) in [5, 5.41) is 11.9. The number of halogens is 1. The lowest BCUT2D eigenvalue weighted by molar-refractivity contribution is -0.136. The van der Waals surface area contributed by atoms with Gasteiger partial charge in [0, 0.05) is 93.4 Å². The molecule has 7 heterocycles. The van der Waals surface area contributed by atoms with E-state index in [1.807, 2.05) is 18.3 Å². The van der Waals surface area contributed by atoms with E-state index in [2.05, 4.69) is 84.0 Å². The van der Waals surface area contributed by atoms with Crippen LogP contribution in [0.1, 0.15) is 79.9 Å². The predicted molar refractivity (Wildman–Crippen MR) is 212 cm³/mol. The number of benzene rings is 1. The highest BCUT2D eigenvalue weighted by atomic mass is 79.9. The number of pyridine rings is 1. The predicted octanol–water partition coefficient (Wildman–Crippen LogP) is 4.79. The Hall–Kier alpha value is -4.67. The Morgan fingerprint density at radius 1 is 1.00 bits per heavy atom. The Balaban J connectivity index is 0.915. The van der Waals surface area contributed by atoms with E-state index in [1.165, 1.54) is 0 Å². The number of carbonyl (C=O) groups is 3. The standard InChI is InChI=1S/C39H48BrN11O4/c1-23(2)51-32-19-34(43-33-7-12-41-39(44-33)49-15-10-27(55-4)11-16-49)42-20-29(32)36(46-51)48-13-8-26(9-14-48)47(3)21-25-17-24-22-50(38(54)28(24)18-30(25)40)31-5-6-35(52)45-37(31)53/h7,12,17-20,23,26-27,31H,5-6,8-11,13-16,21-22H2,1-4H3,(H,45,52,53)(H,41,42,43,44). The molecule has 2 N–H and O–H groups in total. The molecule has 8 rings (SSSR count). The molecule has 1 unspecified atom stereocenters. The van der Waals surface area contributed by atoms with Crippen molar-refractivity contribution in [2.45, 2.75) is 89.7 Å². The normalized spacial score (nSPS) is 19.9. The van der Waals surface area contributed by atoms with E-state index in [0.717, 1.165) is 90.7 Å². The first-order chi connectivity index (χ1) is 26.6.